The molecule has 1 heterocycles. The van der Waals surface area contributed by atoms with Crippen LogP contribution in [0.1, 0.15) is 12.5 Å². The van der Waals surface area contributed by atoms with Crippen LogP contribution in [0.15, 0.2) is 30.5 Å². The van der Waals surface area contributed by atoms with Crippen LogP contribution in [-0.2, 0) is 14.3 Å². The Balaban J connectivity index is 2.36. The van der Waals surface area contributed by atoms with Crippen LogP contribution in [0, 0.1) is 0 Å². The third kappa shape index (κ3) is 2.83. The highest BCUT2D eigenvalue weighted by molar-refractivity contribution is 6.39. The number of aliphatic hydroxyl groups is 1. The molecular weight excluding hydrogens is 282 g/mol. The molecule has 0 radical (unpaired) electrons. The van der Waals surface area contributed by atoms with Crippen LogP contribution in [-0.4, -0.2) is 28.4 Å². The summed E-state index contributed by atoms with van der Waals surface area (Å²) in [4.78, 5) is 25.6. The van der Waals surface area contributed by atoms with Crippen LogP contribution < -0.4 is 0 Å². The monoisotopic (exact) mass is 293 g/mol. The minimum atomic E-state index is -1.00. The summed E-state index contributed by atoms with van der Waals surface area (Å²) in [6, 6.07) is 5.11. The number of ketones is 1. The van der Waals surface area contributed by atoms with Crippen LogP contribution in [0.4, 0.5) is 0 Å². The van der Waals surface area contributed by atoms with Gasteiger partial charge in [0.25, 0.3) is 5.78 Å². The number of fused-ring (bicyclic) bond motifs is 1. The molecule has 0 saturated heterocycles. The molecule has 0 atom stereocenters. The number of esters is 1. The van der Waals surface area contributed by atoms with E-state index in [9.17, 15) is 14.7 Å². The molecule has 0 bridgehead atoms. The van der Waals surface area contributed by atoms with Crippen molar-refractivity contribution in [3.05, 3.63) is 41.1 Å². The maximum atomic E-state index is 11.5. The molecule has 2 rings (SSSR count). The minimum Gasteiger partial charge on any atom is -0.507 e. The normalized spacial score (nSPS) is 11.6. The third-order valence-corrected chi connectivity index (χ3v) is 2.90. The van der Waals surface area contributed by atoms with Gasteiger partial charge < -0.3 is 14.8 Å². The first-order valence-corrected chi connectivity index (χ1v) is 6.29. The number of ether oxygens (including phenoxy) is 1. The Kier molecular flexibility index (Phi) is 4.10. The van der Waals surface area contributed by atoms with E-state index in [0.717, 1.165) is 11.6 Å². The zero-order valence-electron chi connectivity index (χ0n) is 10.6. The quantitative estimate of drug-likeness (QED) is 0.393. The highest BCUT2D eigenvalue weighted by Gasteiger charge is 2.15. The lowest BCUT2D eigenvalue weighted by Crippen LogP contribution is -2.15. The number of carbonyl (C=O) groups is 2. The van der Waals surface area contributed by atoms with Crippen LogP contribution in [0.2, 0.25) is 5.02 Å². The summed E-state index contributed by atoms with van der Waals surface area (Å²) >= 11 is 5.89. The van der Waals surface area contributed by atoms with Crippen molar-refractivity contribution < 1.29 is 19.4 Å². The summed E-state index contributed by atoms with van der Waals surface area (Å²) in [5.41, 5.74) is 1.15. The van der Waals surface area contributed by atoms with E-state index in [1.165, 1.54) is 6.20 Å². The van der Waals surface area contributed by atoms with Gasteiger partial charge in [0, 0.05) is 33.8 Å². The Morgan fingerprint density at radius 1 is 1.45 bits per heavy atom. The second-order valence-electron chi connectivity index (χ2n) is 4.01. The lowest BCUT2D eigenvalue weighted by molar-refractivity contribution is -0.151. The van der Waals surface area contributed by atoms with Gasteiger partial charge in [-0.25, -0.2) is 4.79 Å². The van der Waals surface area contributed by atoms with Crippen LogP contribution in [0.5, 0.6) is 0 Å². The molecule has 0 saturated carbocycles. The number of rotatable bonds is 4. The summed E-state index contributed by atoms with van der Waals surface area (Å²) in [5.74, 6) is -2.24. The third-order valence-electron chi connectivity index (χ3n) is 2.66. The Labute approximate surface area is 119 Å². The number of nitrogens with one attached hydrogen (secondary N) is 1. The summed E-state index contributed by atoms with van der Waals surface area (Å²) in [6.45, 7) is 1.69. The second-order valence-corrected chi connectivity index (χ2v) is 4.44. The van der Waals surface area contributed by atoms with Gasteiger partial charge in [0.1, 0.15) is 5.76 Å². The van der Waals surface area contributed by atoms with E-state index in [1.807, 2.05) is 0 Å². The lowest BCUT2D eigenvalue weighted by atomic mass is 10.1. The molecule has 20 heavy (non-hydrogen) atoms. The van der Waals surface area contributed by atoms with Crippen molar-refractivity contribution in [1.29, 1.82) is 0 Å². The summed E-state index contributed by atoms with van der Waals surface area (Å²) in [6.07, 6.45) is 2.37. The highest BCUT2D eigenvalue weighted by atomic mass is 35.5. The van der Waals surface area contributed by atoms with E-state index < -0.39 is 11.8 Å². The number of benzene rings is 1. The van der Waals surface area contributed by atoms with E-state index in [2.05, 4.69) is 9.72 Å². The number of aromatic nitrogens is 1. The SMILES string of the molecule is CCOC(=O)C(=O)/C=C(\O)c1c[nH]c2ccc(Cl)cc12. The van der Waals surface area contributed by atoms with Crippen molar-refractivity contribution >= 4 is 40.0 Å². The maximum absolute atomic E-state index is 11.5. The van der Waals surface area contributed by atoms with Crippen LogP contribution in [0.25, 0.3) is 16.7 Å². The topological polar surface area (TPSA) is 79.4 Å². The molecule has 0 aliphatic heterocycles. The van der Waals surface area contributed by atoms with Gasteiger partial charge in [-0.1, -0.05) is 11.6 Å². The van der Waals surface area contributed by atoms with Gasteiger partial charge in [0.2, 0.25) is 0 Å². The first kappa shape index (κ1) is 14.1. The van der Waals surface area contributed by atoms with Gasteiger partial charge in [0.15, 0.2) is 0 Å². The Bertz CT molecular complexity index is 702. The molecular formula is C14H12ClNO4. The van der Waals surface area contributed by atoms with Crippen LogP contribution >= 0.6 is 11.6 Å². The number of H-pyrrole nitrogens is 1. The predicted molar refractivity (Wildman–Crippen MR) is 75.6 cm³/mol. The van der Waals surface area contributed by atoms with E-state index in [-0.39, 0.29) is 12.4 Å². The van der Waals surface area contributed by atoms with E-state index in [4.69, 9.17) is 11.6 Å². The molecule has 0 aliphatic carbocycles. The molecule has 0 spiro atoms. The molecule has 0 amide bonds. The van der Waals surface area contributed by atoms with Gasteiger partial charge in [-0.3, -0.25) is 4.79 Å². The van der Waals surface area contributed by atoms with Gasteiger partial charge in [-0.05, 0) is 25.1 Å². The average Bonchev–Trinajstić information content (AvgIpc) is 2.81. The number of aromatic amines is 1. The first-order valence-electron chi connectivity index (χ1n) is 5.91. The maximum Gasteiger partial charge on any atom is 0.379 e. The molecule has 0 unspecified atom stereocenters. The number of hydrogen-bond donors (Lipinski definition) is 2. The molecule has 1 aromatic heterocycles. The number of aliphatic hydroxyl groups excluding tert-OH is 1. The molecule has 104 valence electrons. The van der Waals surface area contributed by atoms with Crippen molar-refractivity contribution in [2.75, 3.05) is 6.61 Å². The smallest absolute Gasteiger partial charge is 0.379 e. The largest absolute Gasteiger partial charge is 0.507 e. The minimum absolute atomic E-state index is 0.0991. The fraction of sp³-hybridized carbons (Fsp3) is 0.143. The zero-order chi connectivity index (χ0) is 14.7. The van der Waals surface area contributed by atoms with Gasteiger partial charge in [-0.15, -0.1) is 0 Å². The molecule has 2 N–H and O–H groups in total. The van der Waals surface area contributed by atoms with E-state index in [1.54, 1.807) is 25.1 Å². The molecule has 2 aromatic rings. The van der Waals surface area contributed by atoms with Gasteiger partial charge >= 0.3 is 5.97 Å². The fourth-order valence-corrected chi connectivity index (χ4v) is 1.94. The van der Waals surface area contributed by atoms with Crippen molar-refractivity contribution in [2.24, 2.45) is 0 Å². The number of halogens is 1. The van der Waals surface area contributed by atoms with Gasteiger partial charge in [-0.2, -0.15) is 0 Å². The molecule has 5 nitrogen and oxygen atoms in total. The summed E-state index contributed by atoms with van der Waals surface area (Å²) in [5, 5.41) is 11.1. The van der Waals surface area contributed by atoms with Gasteiger partial charge in [0.05, 0.1) is 6.61 Å². The van der Waals surface area contributed by atoms with E-state index >= 15 is 0 Å². The zero-order valence-corrected chi connectivity index (χ0v) is 11.4. The van der Waals surface area contributed by atoms with E-state index in [0.29, 0.717) is 16.0 Å². The highest BCUT2D eigenvalue weighted by Crippen LogP contribution is 2.26. The number of carbonyl (C=O) groups excluding carboxylic acids is 2. The molecule has 0 aliphatic rings. The molecule has 0 fully saturated rings. The Morgan fingerprint density at radius 2 is 2.20 bits per heavy atom. The lowest BCUT2D eigenvalue weighted by Gasteiger charge is -2.00. The molecule has 1 aromatic carbocycles. The Morgan fingerprint density at radius 3 is 2.90 bits per heavy atom. The number of hydrogen-bond acceptors (Lipinski definition) is 4. The van der Waals surface area contributed by atoms with Crippen molar-refractivity contribution in [2.45, 2.75) is 6.92 Å². The summed E-state index contributed by atoms with van der Waals surface area (Å²) in [7, 11) is 0. The Hall–Kier alpha value is -2.27. The second kappa shape index (κ2) is 5.79. The van der Waals surface area contributed by atoms with Crippen molar-refractivity contribution in [1.82, 2.24) is 4.98 Å². The molecule has 6 heteroatoms. The average molecular weight is 294 g/mol. The van der Waals surface area contributed by atoms with Crippen molar-refractivity contribution in [3.63, 3.8) is 0 Å². The standard InChI is InChI=1S/C14H12ClNO4/c1-2-20-14(19)13(18)6-12(17)10-7-16-11-4-3-8(15)5-9(10)11/h3-7,16-17H,2H2,1H3/b12-6-. The summed E-state index contributed by atoms with van der Waals surface area (Å²) < 4.78 is 4.56. The van der Waals surface area contributed by atoms with Crippen molar-refractivity contribution in [3.8, 4) is 0 Å². The first-order chi connectivity index (χ1) is 9.52. The van der Waals surface area contributed by atoms with Crippen LogP contribution in [0.3, 0.4) is 0 Å². The fourth-order valence-electron chi connectivity index (χ4n) is 1.77. The predicted octanol–water partition coefficient (Wildman–Crippen LogP) is 2.85.